The third-order valence-electron chi connectivity index (χ3n) is 5.55. The first-order valence-corrected chi connectivity index (χ1v) is 12.4. The van der Waals surface area contributed by atoms with Crippen molar-refractivity contribution in [3.05, 3.63) is 59.7 Å². The summed E-state index contributed by atoms with van der Waals surface area (Å²) >= 11 is 0. The summed E-state index contributed by atoms with van der Waals surface area (Å²) in [5.41, 5.74) is 1.60. The van der Waals surface area contributed by atoms with Gasteiger partial charge in [-0.15, -0.1) is 0 Å². The van der Waals surface area contributed by atoms with Crippen LogP contribution in [0.5, 0.6) is 11.5 Å². The maximum atomic E-state index is 9.69. The van der Waals surface area contributed by atoms with E-state index in [2.05, 4.69) is 17.1 Å². The summed E-state index contributed by atoms with van der Waals surface area (Å²) in [4.78, 5) is 0. The number of phenolic OH excluding ortho intramolecular Hbond substituents is 1. The molecule has 174 valence electrons. The standard InChI is InChI=1S/C28H40N2O2/c1-2-3-4-5-6-7-8-9-10-11-12-15-22-32-27-20-18-25(19-21-27)23-29-30-24-26-16-13-14-17-28(26)31/h13-14,16-21,23-24,31H,2-12,15,22H2,1H3/b29-23+,30-24+. The molecule has 0 atom stereocenters. The molecule has 2 rings (SSSR count). The summed E-state index contributed by atoms with van der Waals surface area (Å²) in [5, 5.41) is 17.7. The van der Waals surface area contributed by atoms with Gasteiger partial charge in [0.25, 0.3) is 0 Å². The molecule has 32 heavy (non-hydrogen) atoms. The minimum absolute atomic E-state index is 0.195. The van der Waals surface area contributed by atoms with Gasteiger partial charge < -0.3 is 9.84 Å². The molecule has 0 amide bonds. The highest BCUT2D eigenvalue weighted by Gasteiger charge is 1.97. The Morgan fingerprint density at radius 3 is 1.88 bits per heavy atom. The van der Waals surface area contributed by atoms with Crippen LogP contribution in [0.15, 0.2) is 58.7 Å². The molecule has 2 aromatic rings. The molecule has 0 unspecified atom stereocenters. The van der Waals surface area contributed by atoms with Crippen LogP contribution < -0.4 is 4.74 Å². The smallest absolute Gasteiger partial charge is 0.124 e. The third kappa shape index (κ3) is 11.7. The van der Waals surface area contributed by atoms with E-state index in [1.807, 2.05) is 30.3 Å². The fraction of sp³-hybridized carbons (Fsp3) is 0.500. The number of unbranched alkanes of at least 4 members (excludes halogenated alkanes) is 11. The van der Waals surface area contributed by atoms with Crippen LogP contribution in [0.2, 0.25) is 0 Å². The molecule has 0 aliphatic carbocycles. The van der Waals surface area contributed by atoms with Gasteiger partial charge in [-0.1, -0.05) is 89.7 Å². The Morgan fingerprint density at radius 1 is 0.688 bits per heavy atom. The Hall–Kier alpha value is -2.62. The van der Waals surface area contributed by atoms with Crippen molar-refractivity contribution in [2.75, 3.05) is 6.61 Å². The lowest BCUT2D eigenvalue weighted by molar-refractivity contribution is 0.304. The first-order chi connectivity index (χ1) is 15.8. The highest BCUT2D eigenvalue weighted by Crippen LogP contribution is 2.15. The fourth-order valence-electron chi connectivity index (χ4n) is 3.58. The first-order valence-electron chi connectivity index (χ1n) is 12.4. The lowest BCUT2D eigenvalue weighted by Crippen LogP contribution is -1.97. The highest BCUT2D eigenvalue weighted by atomic mass is 16.5. The van der Waals surface area contributed by atoms with E-state index in [9.17, 15) is 5.11 Å². The largest absolute Gasteiger partial charge is 0.507 e. The number of rotatable bonds is 17. The molecule has 0 aliphatic heterocycles. The molecule has 2 aromatic carbocycles. The van der Waals surface area contributed by atoms with Gasteiger partial charge in [0.1, 0.15) is 11.5 Å². The highest BCUT2D eigenvalue weighted by molar-refractivity contribution is 5.84. The van der Waals surface area contributed by atoms with E-state index in [4.69, 9.17) is 4.74 Å². The van der Waals surface area contributed by atoms with E-state index >= 15 is 0 Å². The molecule has 0 fully saturated rings. The summed E-state index contributed by atoms with van der Waals surface area (Å²) in [6.45, 7) is 3.05. The minimum atomic E-state index is 0.195. The van der Waals surface area contributed by atoms with E-state index in [1.54, 1.807) is 24.4 Å². The lowest BCUT2D eigenvalue weighted by atomic mass is 10.1. The second kappa shape index (κ2) is 17.0. The zero-order valence-corrected chi connectivity index (χ0v) is 19.7. The molecule has 0 heterocycles. The van der Waals surface area contributed by atoms with Crippen molar-refractivity contribution in [2.24, 2.45) is 10.2 Å². The van der Waals surface area contributed by atoms with Crippen LogP contribution in [0.4, 0.5) is 0 Å². The van der Waals surface area contributed by atoms with Crippen molar-refractivity contribution in [1.82, 2.24) is 0 Å². The van der Waals surface area contributed by atoms with Crippen LogP contribution in [-0.2, 0) is 0 Å². The molecule has 0 aromatic heterocycles. The number of nitrogens with zero attached hydrogens (tertiary/aromatic N) is 2. The molecule has 4 heteroatoms. The first kappa shape index (κ1) is 25.6. The topological polar surface area (TPSA) is 54.2 Å². The van der Waals surface area contributed by atoms with Crippen LogP contribution in [0, 0.1) is 0 Å². The van der Waals surface area contributed by atoms with Crippen molar-refractivity contribution >= 4 is 12.4 Å². The minimum Gasteiger partial charge on any atom is -0.507 e. The third-order valence-corrected chi connectivity index (χ3v) is 5.55. The van der Waals surface area contributed by atoms with Crippen LogP contribution in [-0.4, -0.2) is 24.1 Å². The number of ether oxygens (including phenoxy) is 1. The number of phenols is 1. The van der Waals surface area contributed by atoms with E-state index in [1.165, 1.54) is 76.8 Å². The van der Waals surface area contributed by atoms with Gasteiger partial charge in [0.15, 0.2) is 0 Å². The molecule has 1 N–H and O–H groups in total. The van der Waals surface area contributed by atoms with Crippen molar-refractivity contribution < 1.29 is 9.84 Å². The quantitative estimate of drug-likeness (QED) is 0.155. The summed E-state index contributed by atoms with van der Waals surface area (Å²) < 4.78 is 5.85. The van der Waals surface area contributed by atoms with Gasteiger partial charge in [0, 0.05) is 5.56 Å². The Balaban J connectivity index is 1.50. The van der Waals surface area contributed by atoms with E-state index < -0.39 is 0 Å². The zero-order chi connectivity index (χ0) is 22.7. The average Bonchev–Trinajstić information content (AvgIpc) is 2.82. The van der Waals surface area contributed by atoms with Crippen LogP contribution >= 0.6 is 0 Å². The van der Waals surface area contributed by atoms with Crippen LogP contribution in [0.1, 0.15) is 95.1 Å². The monoisotopic (exact) mass is 436 g/mol. The van der Waals surface area contributed by atoms with Crippen molar-refractivity contribution in [3.8, 4) is 11.5 Å². The molecule has 0 radical (unpaired) electrons. The molecular formula is C28H40N2O2. The number of benzene rings is 2. The van der Waals surface area contributed by atoms with Crippen molar-refractivity contribution in [1.29, 1.82) is 0 Å². The number of aromatic hydroxyl groups is 1. The summed E-state index contributed by atoms with van der Waals surface area (Å²) in [6.07, 6.45) is 19.5. The molecule has 4 nitrogen and oxygen atoms in total. The van der Waals surface area contributed by atoms with Gasteiger partial charge in [0.2, 0.25) is 0 Å². The SMILES string of the molecule is CCCCCCCCCCCCCCOc1ccc(/C=N/N=C/c2ccccc2O)cc1. The van der Waals surface area contributed by atoms with Gasteiger partial charge >= 0.3 is 0 Å². The fourth-order valence-corrected chi connectivity index (χ4v) is 3.58. The number of hydrogen-bond donors (Lipinski definition) is 1. The molecule has 0 aliphatic rings. The van der Waals surface area contributed by atoms with E-state index in [-0.39, 0.29) is 5.75 Å². The molecule has 0 spiro atoms. The van der Waals surface area contributed by atoms with Crippen molar-refractivity contribution in [3.63, 3.8) is 0 Å². The summed E-state index contributed by atoms with van der Waals surface area (Å²) in [6, 6.07) is 14.9. The average molecular weight is 437 g/mol. The summed E-state index contributed by atoms with van der Waals surface area (Å²) in [5.74, 6) is 1.09. The van der Waals surface area contributed by atoms with Gasteiger partial charge in [-0.3, -0.25) is 0 Å². The van der Waals surface area contributed by atoms with Crippen LogP contribution in [0.3, 0.4) is 0 Å². The van der Waals surface area contributed by atoms with E-state index in [0.29, 0.717) is 5.56 Å². The Morgan fingerprint density at radius 2 is 1.25 bits per heavy atom. The van der Waals surface area contributed by atoms with Gasteiger partial charge in [-0.25, -0.2) is 0 Å². The van der Waals surface area contributed by atoms with Gasteiger partial charge in [-0.05, 0) is 48.4 Å². The molecule has 0 saturated carbocycles. The van der Waals surface area contributed by atoms with Crippen molar-refractivity contribution in [2.45, 2.75) is 84.0 Å². The Bertz CT molecular complexity index is 784. The number of para-hydroxylation sites is 1. The Kier molecular flexibility index (Phi) is 13.6. The maximum Gasteiger partial charge on any atom is 0.124 e. The second-order valence-electron chi connectivity index (χ2n) is 8.35. The van der Waals surface area contributed by atoms with Crippen LogP contribution in [0.25, 0.3) is 0 Å². The lowest BCUT2D eigenvalue weighted by Gasteiger charge is -2.06. The molecular weight excluding hydrogens is 396 g/mol. The normalized spacial score (nSPS) is 11.5. The predicted molar refractivity (Wildman–Crippen MR) is 136 cm³/mol. The van der Waals surface area contributed by atoms with E-state index in [0.717, 1.165) is 24.3 Å². The summed E-state index contributed by atoms with van der Waals surface area (Å²) in [7, 11) is 0. The molecule has 0 bridgehead atoms. The molecule has 0 saturated heterocycles. The predicted octanol–water partition coefficient (Wildman–Crippen LogP) is 7.93. The Labute approximate surface area is 194 Å². The number of hydrogen-bond acceptors (Lipinski definition) is 4. The zero-order valence-electron chi connectivity index (χ0n) is 19.7. The maximum absolute atomic E-state index is 9.69. The van der Waals surface area contributed by atoms with Gasteiger partial charge in [0.05, 0.1) is 19.0 Å². The van der Waals surface area contributed by atoms with Gasteiger partial charge in [-0.2, -0.15) is 10.2 Å². The second-order valence-corrected chi connectivity index (χ2v) is 8.35.